The number of carboxylic acid groups (broad SMARTS) is 1. The Hall–Kier alpha value is -1.99. The van der Waals surface area contributed by atoms with E-state index in [9.17, 15) is 14.0 Å². The van der Waals surface area contributed by atoms with E-state index in [1.165, 1.54) is 12.1 Å². The first-order valence-corrected chi connectivity index (χ1v) is 8.03. The monoisotopic (exact) mass is 336 g/mol. The number of halogens is 1. The fraction of sp³-hybridized carbons (Fsp3) is 0.529. The first kappa shape index (κ1) is 16.9. The molecule has 2 aliphatic rings. The van der Waals surface area contributed by atoms with Gasteiger partial charge in [-0.2, -0.15) is 0 Å². The number of benzene rings is 1. The van der Waals surface area contributed by atoms with Crippen molar-refractivity contribution in [3.63, 3.8) is 0 Å². The zero-order valence-corrected chi connectivity index (χ0v) is 13.6. The van der Waals surface area contributed by atoms with Crippen LogP contribution in [-0.2, 0) is 9.53 Å². The van der Waals surface area contributed by atoms with Crippen LogP contribution in [0.3, 0.4) is 0 Å². The van der Waals surface area contributed by atoms with Gasteiger partial charge in [0.25, 0.3) is 5.91 Å². The summed E-state index contributed by atoms with van der Waals surface area (Å²) >= 11 is 0. The molecule has 2 atom stereocenters. The zero-order valence-electron chi connectivity index (χ0n) is 13.6. The van der Waals surface area contributed by atoms with Crippen molar-refractivity contribution in [2.24, 2.45) is 5.92 Å². The number of fused-ring (bicyclic) bond motifs is 3. The van der Waals surface area contributed by atoms with E-state index < -0.39 is 11.8 Å². The van der Waals surface area contributed by atoms with Gasteiger partial charge in [-0.15, -0.1) is 0 Å². The molecule has 1 aromatic rings. The Bertz CT molecular complexity index is 651. The SMILES string of the molecule is Cc1c(F)cccc1C(=O)N1C[C@H]2COC[C@@H]1CN(CC(=O)O)C2. The molecule has 130 valence electrons. The molecule has 3 rings (SSSR count). The molecule has 7 heteroatoms. The minimum atomic E-state index is -0.880. The largest absolute Gasteiger partial charge is 0.480 e. The molecule has 0 aliphatic carbocycles. The highest BCUT2D eigenvalue weighted by atomic mass is 19.1. The Kier molecular flexibility index (Phi) is 4.82. The normalized spacial score (nSPS) is 24.5. The van der Waals surface area contributed by atoms with Crippen LogP contribution in [0.1, 0.15) is 15.9 Å². The molecule has 2 fully saturated rings. The first-order chi connectivity index (χ1) is 11.5. The molecule has 0 spiro atoms. The van der Waals surface area contributed by atoms with Crippen LogP contribution in [0.25, 0.3) is 0 Å². The zero-order chi connectivity index (χ0) is 17.3. The predicted octanol–water partition coefficient (Wildman–Crippen LogP) is 0.992. The summed E-state index contributed by atoms with van der Waals surface area (Å²) in [5, 5.41) is 9.05. The Balaban J connectivity index is 1.86. The number of hydrogen-bond acceptors (Lipinski definition) is 4. The standard InChI is InChI=1S/C17H21FN2O4/c1-11-14(3-2-4-15(11)18)17(23)20-6-12-5-19(8-16(21)22)7-13(20)10-24-9-12/h2-4,12-13H,5-10H2,1H3,(H,21,22)/t12-,13-/m0/s1. The van der Waals surface area contributed by atoms with Crippen molar-refractivity contribution in [2.75, 3.05) is 39.4 Å². The molecule has 0 unspecified atom stereocenters. The Labute approximate surface area is 139 Å². The molecule has 0 saturated carbocycles. The highest BCUT2D eigenvalue weighted by molar-refractivity contribution is 5.96. The topological polar surface area (TPSA) is 70.1 Å². The molecule has 2 aliphatic heterocycles. The van der Waals surface area contributed by atoms with Crippen LogP contribution in [0.4, 0.5) is 4.39 Å². The molecule has 2 bridgehead atoms. The van der Waals surface area contributed by atoms with Gasteiger partial charge in [0.15, 0.2) is 0 Å². The number of carbonyl (C=O) groups is 2. The van der Waals surface area contributed by atoms with E-state index in [0.717, 1.165) is 0 Å². The third-order valence-corrected chi connectivity index (χ3v) is 4.66. The number of hydrogen-bond donors (Lipinski definition) is 1. The van der Waals surface area contributed by atoms with Crippen LogP contribution in [-0.4, -0.2) is 72.2 Å². The Morgan fingerprint density at radius 1 is 1.29 bits per heavy atom. The van der Waals surface area contributed by atoms with Gasteiger partial charge in [-0.3, -0.25) is 14.5 Å². The van der Waals surface area contributed by atoms with Gasteiger partial charge in [0, 0.05) is 31.1 Å². The third-order valence-electron chi connectivity index (χ3n) is 4.66. The highest BCUT2D eigenvalue weighted by Gasteiger charge is 2.37. The summed E-state index contributed by atoms with van der Waals surface area (Å²) in [6, 6.07) is 4.27. The summed E-state index contributed by atoms with van der Waals surface area (Å²) in [6.45, 7) is 3.94. The number of aliphatic carboxylic acids is 1. The van der Waals surface area contributed by atoms with Gasteiger partial charge >= 0.3 is 5.97 Å². The second kappa shape index (κ2) is 6.86. The molecule has 24 heavy (non-hydrogen) atoms. The van der Waals surface area contributed by atoms with E-state index >= 15 is 0 Å². The molecule has 2 heterocycles. The average molecular weight is 336 g/mol. The van der Waals surface area contributed by atoms with Gasteiger partial charge in [0.05, 0.1) is 25.8 Å². The lowest BCUT2D eigenvalue weighted by Crippen LogP contribution is -2.47. The van der Waals surface area contributed by atoms with Gasteiger partial charge in [0.2, 0.25) is 0 Å². The molecular formula is C17H21FN2O4. The summed E-state index contributed by atoms with van der Waals surface area (Å²) in [5.41, 5.74) is 0.692. The van der Waals surface area contributed by atoms with Gasteiger partial charge in [-0.1, -0.05) is 6.07 Å². The molecule has 0 radical (unpaired) electrons. The molecule has 6 nitrogen and oxygen atoms in total. The van der Waals surface area contributed by atoms with Crippen molar-refractivity contribution in [3.05, 3.63) is 35.1 Å². The minimum absolute atomic E-state index is 0.0476. The van der Waals surface area contributed by atoms with E-state index in [2.05, 4.69) is 0 Å². The van der Waals surface area contributed by atoms with Crippen LogP contribution in [0.15, 0.2) is 18.2 Å². The van der Waals surface area contributed by atoms with Crippen molar-refractivity contribution in [2.45, 2.75) is 13.0 Å². The van der Waals surface area contributed by atoms with Crippen LogP contribution in [0, 0.1) is 18.7 Å². The van der Waals surface area contributed by atoms with Crippen molar-refractivity contribution < 1.29 is 23.8 Å². The maximum Gasteiger partial charge on any atom is 0.317 e. The molecule has 2 saturated heterocycles. The smallest absolute Gasteiger partial charge is 0.317 e. The van der Waals surface area contributed by atoms with Gasteiger partial charge in [-0.05, 0) is 24.6 Å². The van der Waals surface area contributed by atoms with Crippen LogP contribution in [0.2, 0.25) is 0 Å². The van der Waals surface area contributed by atoms with Crippen molar-refractivity contribution in [3.8, 4) is 0 Å². The van der Waals surface area contributed by atoms with E-state index in [1.807, 2.05) is 4.90 Å². The van der Waals surface area contributed by atoms with Crippen molar-refractivity contribution >= 4 is 11.9 Å². The number of amides is 1. The fourth-order valence-electron chi connectivity index (χ4n) is 3.50. The molecule has 1 amide bonds. The fourth-order valence-corrected chi connectivity index (χ4v) is 3.50. The number of ether oxygens (including phenoxy) is 1. The molecular weight excluding hydrogens is 315 g/mol. The second-order valence-electron chi connectivity index (χ2n) is 6.52. The van der Waals surface area contributed by atoms with Crippen LogP contribution >= 0.6 is 0 Å². The first-order valence-electron chi connectivity index (χ1n) is 8.03. The van der Waals surface area contributed by atoms with Crippen LogP contribution in [0.5, 0.6) is 0 Å². The number of carboxylic acids is 1. The van der Waals surface area contributed by atoms with E-state index in [4.69, 9.17) is 9.84 Å². The van der Waals surface area contributed by atoms with Gasteiger partial charge in [0.1, 0.15) is 5.82 Å². The highest BCUT2D eigenvalue weighted by Crippen LogP contribution is 2.23. The lowest BCUT2D eigenvalue weighted by molar-refractivity contribution is -0.138. The van der Waals surface area contributed by atoms with E-state index in [-0.39, 0.29) is 24.4 Å². The summed E-state index contributed by atoms with van der Waals surface area (Å²) < 4.78 is 19.4. The van der Waals surface area contributed by atoms with Gasteiger partial charge in [-0.25, -0.2) is 4.39 Å². The lowest BCUT2D eigenvalue weighted by atomic mass is 10.1. The second-order valence-corrected chi connectivity index (χ2v) is 6.52. The van der Waals surface area contributed by atoms with E-state index in [1.54, 1.807) is 17.9 Å². The molecule has 0 aromatic heterocycles. The quantitative estimate of drug-likeness (QED) is 0.891. The minimum Gasteiger partial charge on any atom is -0.480 e. The number of nitrogens with zero attached hydrogens (tertiary/aromatic N) is 2. The molecule has 1 N–H and O–H groups in total. The third kappa shape index (κ3) is 3.42. The Morgan fingerprint density at radius 2 is 2.08 bits per heavy atom. The summed E-state index contributed by atoms with van der Waals surface area (Å²) in [6.07, 6.45) is 0. The number of rotatable bonds is 3. The van der Waals surface area contributed by atoms with Gasteiger partial charge < -0.3 is 14.7 Å². The lowest BCUT2D eigenvalue weighted by Gasteiger charge is -2.31. The van der Waals surface area contributed by atoms with Crippen LogP contribution < -0.4 is 0 Å². The Morgan fingerprint density at radius 3 is 2.83 bits per heavy atom. The van der Waals surface area contributed by atoms with E-state index in [0.29, 0.717) is 44.0 Å². The van der Waals surface area contributed by atoms with Crippen molar-refractivity contribution in [1.82, 2.24) is 9.80 Å². The average Bonchev–Trinajstić information content (AvgIpc) is 2.79. The maximum atomic E-state index is 13.8. The number of carbonyl (C=O) groups excluding carboxylic acids is 1. The van der Waals surface area contributed by atoms with Crippen molar-refractivity contribution in [1.29, 1.82) is 0 Å². The molecule has 1 aromatic carbocycles. The maximum absolute atomic E-state index is 13.8. The summed E-state index contributed by atoms with van der Waals surface area (Å²) in [5.74, 6) is -1.45. The summed E-state index contributed by atoms with van der Waals surface area (Å²) in [7, 11) is 0. The predicted molar refractivity (Wildman–Crippen MR) is 84.3 cm³/mol. The summed E-state index contributed by atoms with van der Waals surface area (Å²) in [4.78, 5) is 27.6.